The van der Waals surface area contributed by atoms with E-state index in [4.69, 9.17) is 16.8 Å². The fourth-order valence-electron chi connectivity index (χ4n) is 3.16. The molecule has 0 bridgehead atoms. The monoisotopic (exact) mass is 462 g/mol. The Labute approximate surface area is 186 Å². The molecule has 9 heteroatoms. The van der Waals surface area contributed by atoms with Gasteiger partial charge >= 0.3 is 0 Å². The summed E-state index contributed by atoms with van der Waals surface area (Å²) in [6.45, 7) is 2.95. The Bertz CT molecular complexity index is 1070. The maximum absolute atomic E-state index is 12.2. The molecule has 0 radical (unpaired) electrons. The zero-order valence-electron chi connectivity index (χ0n) is 16.4. The summed E-state index contributed by atoms with van der Waals surface area (Å²) in [6, 6.07) is 7.85. The molecule has 6 nitrogen and oxygen atoms in total. The summed E-state index contributed by atoms with van der Waals surface area (Å²) in [7, 11) is -3.96. The molecule has 0 saturated carbocycles. The minimum atomic E-state index is -3.96. The predicted molar refractivity (Wildman–Crippen MR) is 127 cm³/mol. The second kappa shape index (κ2) is 9.74. The van der Waals surface area contributed by atoms with Crippen LogP contribution in [0.25, 0.3) is 5.57 Å². The third-order valence-corrected chi connectivity index (χ3v) is 6.78. The highest BCUT2D eigenvalue weighted by Crippen LogP contribution is 2.33. The van der Waals surface area contributed by atoms with Gasteiger partial charge < -0.3 is 4.90 Å². The second-order valence-corrected chi connectivity index (χ2v) is 9.87. The number of thiocarbonyl (C=S) groups is 1. The van der Waals surface area contributed by atoms with E-state index in [1.165, 1.54) is 11.8 Å². The van der Waals surface area contributed by atoms with Gasteiger partial charge in [-0.2, -0.15) is 8.42 Å². The highest BCUT2D eigenvalue weighted by Gasteiger charge is 2.29. The Morgan fingerprint density at radius 3 is 2.63 bits per heavy atom. The molecule has 1 saturated heterocycles. The first kappa shape index (κ1) is 22.5. The fourth-order valence-corrected chi connectivity index (χ4v) is 4.98. The third-order valence-electron chi connectivity index (χ3n) is 4.58. The summed E-state index contributed by atoms with van der Waals surface area (Å²) in [4.78, 5) is 16.4. The van der Waals surface area contributed by atoms with E-state index in [0.717, 1.165) is 16.8 Å². The van der Waals surface area contributed by atoms with Crippen LogP contribution in [0.2, 0.25) is 0 Å². The molecule has 1 amide bonds. The van der Waals surface area contributed by atoms with E-state index in [-0.39, 0.29) is 11.7 Å². The maximum Gasteiger partial charge on any atom is 0.266 e. The number of thioether (sulfide) groups is 1. The summed E-state index contributed by atoms with van der Waals surface area (Å²) in [5.41, 5.74) is 3.00. The van der Waals surface area contributed by atoms with Crippen molar-refractivity contribution in [3.05, 3.63) is 71.3 Å². The van der Waals surface area contributed by atoms with Crippen LogP contribution in [0.5, 0.6) is 0 Å². The van der Waals surface area contributed by atoms with Gasteiger partial charge in [0.05, 0.1) is 10.7 Å². The number of carbonyl (C=O) groups excluding carboxylic acids is 1. The lowest BCUT2D eigenvalue weighted by Crippen LogP contribution is -2.27. The summed E-state index contributed by atoms with van der Waals surface area (Å²) in [5.74, 6) is -0.330. The van der Waals surface area contributed by atoms with Gasteiger partial charge in [-0.1, -0.05) is 60.4 Å². The topological polar surface area (TPSA) is 77.9 Å². The van der Waals surface area contributed by atoms with Crippen molar-refractivity contribution in [3.63, 3.8) is 0 Å². The van der Waals surface area contributed by atoms with Gasteiger partial charge in [0, 0.05) is 30.5 Å². The SMILES string of the molecule is CCN1C(=O)/C(=C/C=C/C=C2\C=CN(CCCS(=O)(=O)O)c3ccccc32)SC1=S. The van der Waals surface area contributed by atoms with Gasteiger partial charge in [0.15, 0.2) is 0 Å². The number of amides is 1. The molecule has 3 rings (SSSR count). The first-order valence-corrected chi connectivity index (χ1v) is 12.3. The van der Waals surface area contributed by atoms with E-state index in [2.05, 4.69) is 0 Å². The van der Waals surface area contributed by atoms with Crippen LogP contribution >= 0.6 is 24.0 Å². The first-order valence-electron chi connectivity index (χ1n) is 9.42. The maximum atomic E-state index is 12.2. The number of para-hydroxylation sites is 1. The first-order chi connectivity index (χ1) is 14.3. The van der Waals surface area contributed by atoms with Gasteiger partial charge in [0.1, 0.15) is 4.32 Å². The number of anilines is 1. The number of benzene rings is 1. The van der Waals surface area contributed by atoms with Crippen LogP contribution in [-0.4, -0.2) is 46.9 Å². The Morgan fingerprint density at radius 1 is 1.20 bits per heavy atom. The summed E-state index contributed by atoms with van der Waals surface area (Å²) < 4.78 is 31.4. The van der Waals surface area contributed by atoms with Crippen molar-refractivity contribution in [2.24, 2.45) is 0 Å². The van der Waals surface area contributed by atoms with E-state index in [0.29, 0.717) is 28.7 Å². The van der Waals surface area contributed by atoms with Gasteiger partial charge in [-0.25, -0.2) is 0 Å². The number of nitrogens with zero attached hydrogens (tertiary/aromatic N) is 2. The van der Waals surface area contributed by atoms with Crippen molar-refractivity contribution in [3.8, 4) is 0 Å². The molecule has 1 aromatic rings. The molecule has 2 aliphatic rings. The van der Waals surface area contributed by atoms with Crippen molar-refractivity contribution in [1.29, 1.82) is 0 Å². The lowest BCUT2D eigenvalue weighted by molar-refractivity contribution is -0.122. The zero-order chi connectivity index (χ0) is 21.7. The van der Waals surface area contributed by atoms with Gasteiger partial charge in [-0.3, -0.25) is 14.2 Å². The van der Waals surface area contributed by atoms with E-state index in [9.17, 15) is 13.2 Å². The van der Waals surface area contributed by atoms with Gasteiger partial charge in [-0.05, 0) is 37.1 Å². The Balaban J connectivity index is 1.73. The Morgan fingerprint density at radius 2 is 1.93 bits per heavy atom. The molecule has 1 N–H and O–H groups in total. The number of rotatable bonds is 7. The van der Waals surface area contributed by atoms with Crippen LogP contribution < -0.4 is 4.90 Å². The molecule has 30 heavy (non-hydrogen) atoms. The molecule has 0 aromatic heterocycles. The molecule has 0 unspecified atom stereocenters. The van der Waals surface area contributed by atoms with Crippen LogP contribution in [0.4, 0.5) is 5.69 Å². The zero-order valence-corrected chi connectivity index (χ0v) is 18.8. The van der Waals surface area contributed by atoms with E-state index < -0.39 is 10.1 Å². The number of carbonyl (C=O) groups is 1. The van der Waals surface area contributed by atoms with Crippen molar-refractivity contribution >= 4 is 55.6 Å². The van der Waals surface area contributed by atoms with Crippen LogP contribution in [0.3, 0.4) is 0 Å². The van der Waals surface area contributed by atoms with Crippen molar-refractivity contribution in [1.82, 2.24) is 4.90 Å². The number of fused-ring (bicyclic) bond motifs is 1. The number of hydrogen-bond acceptors (Lipinski definition) is 6. The average molecular weight is 463 g/mol. The summed E-state index contributed by atoms with van der Waals surface area (Å²) >= 11 is 6.52. The van der Waals surface area contributed by atoms with Crippen LogP contribution in [0.15, 0.2) is 65.8 Å². The molecule has 2 heterocycles. The van der Waals surface area contributed by atoms with Crippen LogP contribution in [0, 0.1) is 0 Å². The molecule has 158 valence electrons. The molecule has 2 aliphatic heterocycles. The van der Waals surface area contributed by atoms with Crippen molar-refractivity contribution < 1.29 is 17.8 Å². The largest absolute Gasteiger partial charge is 0.347 e. The predicted octanol–water partition coefficient (Wildman–Crippen LogP) is 4.00. The molecular weight excluding hydrogens is 440 g/mol. The van der Waals surface area contributed by atoms with E-state index in [1.807, 2.05) is 66.6 Å². The van der Waals surface area contributed by atoms with Crippen LogP contribution in [0.1, 0.15) is 18.9 Å². The van der Waals surface area contributed by atoms with Gasteiger partial charge in [0.2, 0.25) is 0 Å². The van der Waals surface area contributed by atoms with Crippen molar-refractivity contribution in [2.75, 3.05) is 23.7 Å². The molecule has 0 aliphatic carbocycles. The Hall–Kier alpha value is -2.20. The third kappa shape index (κ3) is 5.48. The van der Waals surface area contributed by atoms with Crippen LogP contribution in [-0.2, 0) is 14.9 Å². The quantitative estimate of drug-likeness (QED) is 0.373. The normalized spacial score (nSPS) is 19.5. The van der Waals surface area contributed by atoms with Gasteiger partial charge in [-0.15, -0.1) is 0 Å². The summed E-state index contributed by atoms with van der Waals surface area (Å²) in [6.07, 6.45) is 11.6. The smallest absolute Gasteiger partial charge is 0.266 e. The number of likely N-dealkylation sites (N-methyl/N-ethyl adjacent to an activating group) is 1. The average Bonchev–Trinajstić information content (AvgIpc) is 2.98. The standard InChI is InChI=1S/C21H22N2O4S3/c1-2-23-20(24)19(29-21(23)28)11-6-3-8-16-12-14-22(13-7-15-30(25,26)27)18-10-5-4-9-17(16)18/h3-6,8-12,14H,2,7,13,15H2,1H3,(H,25,26,27)/b6-3+,16-8+,19-11-. The fraction of sp³-hybridized carbons (Fsp3) is 0.238. The van der Waals surface area contributed by atoms with Gasteiger partial charge in [0.25, 0.3) is 16.0 Å². The minimum absolute atomic E-state index is 0.0618. The van der Waals surface area contributed by atoms with E-state index >= 15 is 0 Å². The Kier molecular flexibility index (Phi) is 7.30. The summed E-state index contributed by atoms with van der Waals surface area (Å²) in [5, 5.41) is 0. The number of allylic oxidation sites excluding steroid dienone is 6. The second-order valence-electron chi connectivity index (χ2n) is 6.62. The minimum Gasteiger partial charge on any atom is -0.347 e. The lowest BCUT2D eigenvalue weighted by Gasteiger charge is -2.27. The number of hydrogen-bond donors (Lipinski definition) is 1. The lowest BCUT2D eigenvalue weighted by atomic mass is 9.99. The molecule has 0 spiro atoms. The molecule has 1 fully saturated rings. The highest BCUT2D eigenvalue weighted by atomic mass is 32.2. The van der Waals surface area contributed by atoms with E-state index in [1.54, 1.807) is 11.0 Å². The molecule has 1 aromatic carbocycles. The highest BCUT2D eigenvalue weighted by molar-refractivity contribution is 8.26. The molecule has 0 atom stereocenters. The van der Waals surface area contributed by atoms with Crippen molar-refractivity contribution in [2.45, 2.75) is 13.3 Å². The molecular formula is C21H22N2O4S3.